The lowest BCUT2D eigenvalue weighted by Crippen LogP contribution is -2.09. The lowest BCUT2D eigenvalue weighted by molar-refractivity contribution is 0.0316. The number of carbonyl (C=O) groups excluding carboxylic acids is 2. The molecular weight excluding hydrogens is 454 g/mol. The van der Waals surface area contributed by atoms with Crippen LogP contribution < -0.4 is 9.47 Å². The van der Waals surface area contributed by atoms with E-state index in [-0.39, 0.29) is 34.2 Å². The van der Waals surface area contributed by atoms with Gasteiger partial charge < -0.3 is 24.4 Å². The van der Waals surface area contributed by atoms with Crippen molar-refractivity contribution in [3.8, 4) is 23.1 Å². The maximum Gasteiger partial charge on any atom is 0.344 e. The number of phenols is 1. The van der Waals surface area contributed by atoms with Crippen LogP contribution in [-0.4, -0.2) is 40.9 Å². The molecule has 0 spiro atoms. The number of rotatable bonds is 5. The van der Waals surface area contributed by atoms with Crippen LogP contribution in [0.3, 0.4) is 0 Å². The highest BCUT2D eigenvalue weighted by molar-refractivity contribution is 6.00. The van der Waals surface area contributed by atoms with E-state index in [1.807, 2.05) is 0 Å². The molecule has 2 heterocycles. The van der Waals surface area contributed by atoms with Crippen molar-refractivity contribution in [1.82, 2.24) is 4.57 Å². The summed E-state index contributed by atoms with van der Waals surface area (Å²) in [4.78, 5) is 25.2. The lowest BCUT2D eigenvalue weighted by Gasteiger charge is -2.16. The molecule has 3 aromatic carbocycles. The van der Waals surface area contributed by atoms with Crippen LogP contribution in [0, 0.1) is 0 Å². The Hall–Kier alpha value is -4.86. The summed E-state index contributed by atoms with van der Waals surface area (Å²) in [6, 6.07) is 15.8. The average Bonchev–Trinajstić information content (AvgIpc) is 3.35. The van der Waals surface area contributed by atoms with Gasteiger partial charge in [0.25, 0.3) is 5.91 Å². The SMILES string of the molecule is COc1ccc2c(c1OC)C(=O)O[C@H]2n1c(O)c(N=NC(=O)c2ccc(O)cc2)c2ccccc21. The van der Waals surface area contributed by atoms with Crippen molar-refractivity contribution in [1.29, 1.82) is 0 Å². The molecule has 1 aromatic heterocycles. The zero-order chi connectivity index (χ0) is 24.7. The normalized spacial score (nSPS) is 14.8. The number of phenolic OH excluding ortho intramolecular Hbond substituents is 1. The summed E-state index contributed by atoms with van der Waals surface area (Å²) >= 11 is 0. The molecule has 0 bridgehead atoms. The Kier molecular flexibility index (Phi) is 5.33. The largest absolute Gasteiger partial charge is 0.508 e. The zero-order valence-electron chi connectivity index (χ0n) is 18.6. The van der Waals surface area contributed by atoms with Gasteiger partial charge in [0.15, 0.2) is 17.2 Å². The van der Waals surface area contributed by atoms with Gasteiger partial charge in [-0.2, -0.15) is 0 Å². The van der Waals surface area contributed by atoms with Crippen LogP contribution in [0.5, 0.6) is 23.1 Å². The summed E-state index contributed by atoms with van der Waals surface area (Å²) in [5, 5.41) is 28.8. The number of benzene rings is 3. The third-order valence-corrected chi connectivity index (χ3v) is 5.71. The Balaban J connectivity index is 1.62. The molecule has 0 radical (unpaired) electrons. The lowest BCUT2D eigenvalue weighted by atomic mass is 10.1. The van der Waals surface area contributed by atoms with Crippen LogP contribution >= 0.6 is 0 Å². The Morgan fingerprint density at radius 3 is 2.46 bits per heavy atom. The average molecular weight is 473 g/mol. The zero-order valence-corrected chi connectivity index (χ0v) is 18.6. The molecule has 1 amide bonds. The topological polar surface area (TPSA) is 132 Å². The minimum atomic E-state index is -1.01. The van der Waals surface area contributed by atoms with E-state index in [9.17, 15) is 19.8 Å². The van der Waals surface area contributed by atoms with Crippen LogP contribution in [0.4, 0.5) is 5.69 Å². The van der Waals surface area contributed by atoms with E-state index in [2.05, 4.69) is 10.2 Å². The summed E-state index contributed by atoms with van der Waals surface area (Å²) < 4.78 is 17.7. The molecule has 5 rings (SSSR count). The fraction of sp³-hybridized carbons (Fsp3) is 0.120. The van der Waals surface area contributed by atoms with Crippen molar-refractivity contribution in [2.45, 2.75) is 6.23 Å². The molecule has 1 atom stereocenters. The highest BCUT2D eigenvalue weighted by Gasteiger charge is 2.39. The molecule has 10 heteroatoms. The molecule has 1 aliphatic heterocycles. The number of fused-ring (bicyclic) bond motifs is 2. The maximum atomic E-state index is 12.8. The van der Waals surface area contributed by atoms with E-state index < -0.39 is 18.1 Å². The number of methoxy groups -OCH3 is 2. The standard InChI is InChI=1S/C25H19N3O7/c1-33-18-12-11-16-19(21(18)34-2)25(32)35-24(16)28-17-6-4-3-5-15(17)20(23(28)31)26-27-22(30)13-7-9-14(29)10-8-13/h3-12,24,29,31H,1-2H3/t24-/m1/s1. The number of azo groups is 1. The molecule has 0 fully saturated rings. The van der Waals surface area contributed by atoms with Crippen molar-refractivity contribution in [3.05, 3.63) is 77.4 Å². The van der Waals surface area contributed by atoms with Gasteiger partial charge in [-0.25, -0.2) is 4.79 Å². The van der Waals surface area contributed by atoms with Gasteiger partial charge in [0.1, 0.15) is 11.3 Å². The van der Waals surface area contributed by atoms with Crippen LogP contribution in [0.25, 0.3) is 10.9 Å². The molecule has 0 saturated heterocycles. The number of para-hydroxylation sites is 1. The summed E-state index contributed by atoms with van der Waals surface area (Å²) in [7, 11) is 2.88. The van der Waals surface area contributed by atoms with Crippen LogP contribution in [0.2, 0.25) is 0 Å². The Bertz CT molecular complexity index is 1510. The second-order valence-corrected chi connectivity index (χ2v) is 7.63. The summed E-state index contributed by atoms with van der Waals surface area (Å²) in [5.41, 5.74) is 1.43. The fourth-order valence-corrected chi connectivity index (χ4v) is 4.10. The first-order chi connectivity index (χ1) is 16.9. The number of amides is 1. The van der Waals surface area contributed by atoms with Crippen LogP contribution in [0.1, 0.15) is 32.5 Å². The van der Waals surface area contributed by atoms with E-state index >= 15 is 0 Å². The van der Waals surface area contributed by atoms with Gasteiger partial charge in [-0.15, -0.1) is 10.2 Å². The first kappa shape index (κ1) is 22.0. The van der Waals surface area contributed by atoms with Gasteiger partial charge in [-0.1, -0.05) is 18.2 Å². The summed E-state index contributed by atoms with van der Waals surface area (Å²) in [6.07, 6.45) is -1.01. The van der Waals surface area contributed by atoms with Gasteiger partial charge in [0.05, 0.1) is 19.7 Å². The Morgan fingerprint density at radius 1 is 1.00 bits per heavy atom. The predicted molar refractivity (Wildman–Crippen MR) is 124 cm³/mol. The number of carbonyl (C=O) groups is 2. The smallest absolute Gasteiger partial charge is 0.344 e. The molecule has 35 heavy (non-hydrogen) atoms. The number of nitrogens with zero attached hydrogens (tertiary/aromatic N) is 3. The minimum Gasteiger partial charge on any atom is -0.508 e. The molecule has 0 unspecified atom stereocenters. The van der Waals surface area contributed by atoms with Crippen molar-refractivity contribution in [3.63, 3.8) is 0 Å². The van der Waals surface area contributed by atoms with Crippen molar-refractivity contribution >= 4 is 28.5 Å². The first-order valence-electron chi connectivity index (χ1n) is 10.5. The van der Waals surface area contributed by atoms with Gasteiger partial charge in [0.2, 0.25) is 12.1 Å². The molecule has 176 valence electrons. The minimum absolute atomic E-state index is 0.0137. The number of cyclic esters (lactones) is 1. The summed E-state index contributed by atoms with van der Waals surface area (Å²) in [5.74, 6) is -1.02. The fourth-order valence-electron chi connectivity index (χ4n) is 4.10. The second kappa shape index (κ2) is 8.49. The second-order valence-electron chi connectivity index (χ2n) is 7.63. The molecule has 10 nitrogen and oxygen atoms in total. The third-order valence-electron chi connectivity index (χ3n) is 5.71. The molecule has 0 saturated carbocycles. The van der Waals surface area contributed by atoms with E-state index in [1.54, 1.807) is 36.4 Å². The molecule has 2 N–H and O–H groups in total. The number of esters is 1. The quantitative estimate of drug-likeness (QED) is 0.317. The molecule has 0 aliphatic carbocycles. The highest BCUT2D eigenvalue weighted by Crippen LogP contribution is 2.48. The van der Waals surface area contributed by atoms with Gasteiger partial charge in [-0.3, -0.25) is 9.36 Å². The van der Waals surface area contributed by atoms with Crippen LogP contribution in [-0.2, 0) is 4.74 Å². The number of aromatic nitrogens is 1. The van der Waals surface area contributed by atoms with Crippen LogP contribution in [0.15, 0.2) is 70.9 Å². The van der Waals surface area contributed by atoms with E-state index in [4.69, 9.17) is 14.2 Å². The number of aromatic hydroxyl groups is 2. The third kappa shape index (κ3) is 3.52. The molecular formula is C25H19N3O7. The maximum absolute atomic E-state index is 12.8. The predicted octanol–water partition coefficient (Wildman–Crippen LogP) is 4.71. The van der Waals surface area contributed by atoms with Gasteiger partial charge >= 0.3 is 5.97 Å². The van der Waals surface area contributed by atoms with Crippen molar-refractivity contribution in [2.75, 3.05) is 14.2 Å². The van der Waals surface area contributed by atoms with Gasteiger partial charge in [0, 0.05) is 16.5 Å². The van der Waals surface area contributed by atoms with Crippen molar-refractivity contribution in [2.24, 2.45) is 10.2 Å². The monoisotopic (exact) mass is 473 g/mol. The summed E-state index contributed by atoms with van der Waals surface area (Å²) in [6.45, 7) is 0. The highest BCUT2D eigenvalue weighted by atomic mass is 16.6. The van der Waals surface area contributed by atoms with Gasteiger partial charge in [-0.05, 0) is 42.5 Å². The first-order valence-corrected chi connectivity index (χ1v) is 10.5. The Morgan fingerprint density at radius 2 is 1.74 bits per heavy atom. The molecule has 4 aromatic rings. The number of ether oxygens (including phenoxy) is 3. The van der Waals surface area contributed by atoms with Crippen molar-refractivity contribution < 1.29 is 34.0 Å². The number of hydrogen-bond donors (Lipinski definition) is 2. The van der Waals surface area contributed by atoms with E-state index in [0.29, 0.717) is 22.2 Å². The number of hydrogen-bond acceptors (Lipinski definition) is 8. The van der Waals surface area contributed by atoms with E-state index in [0.717, 1.165) is 0 Å². The Labute approximate surface area is 198 Å². The molecule has 1 aliphatic rings. The van der Waals surface area contributed by atoms with E-state index in [1.165, 1.54) is 43.1 Å².